The van der Waals surface area contributed by atoms with Crippen molar-refractivity contribution >= 4 is 21.8 Å². The van der Waals surface area contributed by atoms with Gasteiger partial charge in [0.25, 0.3) is 5.91 Å². The van der Waals surface area contributed by atoms with Gasteiger partial charge in [0.2, 0.25) is 0 Å². The first-order valence-corrected chi connectivity index (χ1v) is 7.30. The van der Waals surface area contributed by atoms with Crippen LogP contribution in [0.4, 0.5) is 0 Å². The third kappa shape index (κ3) is 2.45. The minimum atomic E-state index is -0.214. The fourth-order valence-electron chi connectivity index (χ4n) is 2.36. The monoisotopic (exact) mass is 335 g/mol. The van der Waals surface area contributed by atoms with Gasteiger partial charge in [-0.2, -0.15) is 0 Å². The van der Waals surface area contributed by atoms with Crippen molar-refractivity contribution in [1.82, 2.24) is 25.1 Å². The lowest BCUT2D eigenvalue weighted by atomic mass is 10.2. The van der Waals surface area contributed by atoms with Gasteiger partial charge in [-0.25, -0.2) is 4.98 Å². The van der Waals surface area contributed by atoms with Crippen LogP contribution < -0.4 is 5.32 Å². The number of halogens is 1. The van der Waals surface area contributed by atoms with E-state index in [9.17, 15) is 4.79 Å². The molecule has 0 radical (unpaired) electrons. The number of hydrogen-bond acceptors (Lipinski definition) is 4. The summed E-state index contributed by atoms with van der Waals surface area (Å²) in [4.78, 5) is 16.3. The Labute approximate surface area is 124 Å². The number of nitrogens with one attached hydrogen (secondary N) is 1. The van der Waals surface area contributed by atoms with Crippen LogP contribution in [0.5, 0.6) is 0 Å². The fraction of sp³-hybridized carbons (Fsp3) is 0.385. The lowest BCUT2D eigenvalue weighted by Gasteiger charge is -2.13. The molecule has 1 atom stereocenters. The minimum Gasteiger partial charge on any atom is -0.341 e. The number of nitrogens with zero attached hydrogens (tertiary/aromatic N) is 4. The van der Waals surface area contributed by atoms with Crippen LogP contribution >= 0.6 is 15.9 Å². The van der Waals surface area contributed by atoms with E-state index in [1.165, 1.54) is 0 Å². The van der Waals surface area contributed by atoms with Crippen molar-refractivity contribution in [3.8, 4) is 0 Å². The molecule has 1 aliphatic rings. The van der Waals surface area contributed by atoms with Gasteiger partial charge in [0.05, 0.1) is 6.04 Å². The predicted molar refractivity (Wildman–Crippen MR) is 76.2 cm³/mol. The molecule has 0 aliphatic carbocycles. The van der Waals surface area contributed by atoms with Gasteiger partial charge in [-0.3, -0.25) is 4.79 Å². The zero-order chi connectivity index (χ0) is 14.1. The predicted octanol–water partition coefficient (Wildman–Crippen LogP) is 1.87. The first kappa shape index (κ1) is 13.2. The maximum absolute atomic E-state index is 12.2. The van der Waals surface area contributed by atoms with Crippen molar-refractivity contribution in [2.75, 3.05) is 0 Å². The largest absolute Gasteiger partial charge is 0.341 e. The lowest BCUT2D eigenvalue weighted by Crippen LogP contribution is -2.29. The van der Waals surface area contributed by atoms with E-state index in [-0.39, 0.29) is 11.9 Å². The summed E-state index contributed by atoms with van der Waals surface area (Å²) >= 11 is 3.26. The molecule has 7 heteroatoms. The highest BCUT2D eigenvalue weighted by Gasteiger charge is 2.22. The van der Waals surface area contributed by atoms with Gasteiger partial charge in [0.1, 0.15) is 16.1 Å². The molecule has 0 saturated carbocycles. The molecule has 20 heavy (non-hydrogen) atoms. The lowest BCUT2D eigenvalue weighted by molar-refractivity contribution is 0.0932. The Hall–Kier alpha value is -1.76. The van der Waals surface area contributed by atoms with Crippen LogP contribution in [0, 0.1) is 0 Å². The van der Waals surface area contributed by atoms with Crippen molar-refractivity contribution in [3.05, 3.63) is 40.1 Å². The molecule has 1 aliphatic heterocycles. The van der Waals surface area contributed by atoms with E-state index >= 15 is 0 Å². The molecule has 1 amide bonds. The van der Waals surface area contributed by atoms with Crippen LogP contribution in [0.3, 0.4) is 0 Å². The zero-order valence-corrected chi connectivity index (χ0v) is 12.6. The number of carbonyl (C=O) groups is 1. The average molecular weight is 336 g/mol. The number of pyridine rings is 1. The Kier molecular flexibility index (Phi) is 3.52. The zero-order valence-electron chi connectivity index (χ0n) is 11.0. The van der Waals surface area contributed by atoms with Crippen molar-refractivity contribution in [2.24, 2.45) is 0 Å². The Morgan fingerprint density at radius 2 is 2.30 bits per heavy atom. The fourth-order valence-corrected chi connectivity index (χ4v) is 2.71. The smallest absolute Gasteiger partial charge is 0.270 e. The second-order valence-corrected chi connectivity index (χ2v) is 5.58. The number of carbonyl (C=O) groups excluding carboxylic acids is 1. The maximum Gasteiger partial charge on any atom is 0.270 e. The SMILES string of the molecule is CC(NC(=O)c1cccc(Br)n1)c1nnc2n1CCC2. The minimum absolute atomic E-state index is 0.192. The number of rotatable bonds is 3. The molecular formula is C13H14BrN5O. The molecule has 3 rings (SSSR count). The second kappa shape index (κ2) is 5.32. The quantitative estimate of drug-likeness (QED) is 0.869. The highest BCUT2D eigenvalue weighted by atomic mass is 79.9. The number of aryl methyl sites for hydroxylation is 1. The molecule has 104 valence electrons. The standard InChI is InChI=1S/C13H14BrN5O/c1-8(12-18-17-11-6-3-7-19(11)12)15-13(20)9-4-2-5-10(14)16-9/h2,4-5,8H,3,6-7H2,1H3,(H,15,20). The number of aromatic nitrogens is 4. The molecule has 2 aromatic heterocycles. The molecule has 0 bridgehead atoms. The van der Waals surface area contributed by atoms with E-state index in [4.69, 9.17) is 0 Å². The van der Waals surface area contributed by atoms with E-state index in [1.807, 2.05) is 6.92 Å². The van der Waals surface area contributed by atoms with Gasteiger partial charge in [-0.15, -0.1) is 10.2 Å². The Bertz CT molecular complexity index is 654. The van der Waals surface area contributed by atoms with E-state index < -0.39 is 0 Å². The first-order chi connectivity index (χ1) is 9.65. The topological polar surface area (TPSA) is 72.7 Å². The van der Waals surface area contributed by atoms with Gasteiger partial charge in [0.15, 0.2) is 5.82 Å². The summed E-state index contributed by atoms with van der Waals surface area (Å²) in [5.41, 5.74) is 0.382. The number of fused-ring (bicyclic) bond motifs is 1. The Morgan fingerprint density at radius 1 is 1.45 bits per heavy atom. The third-order valence-electron chi connectivity index (χ3n) is 3.32. The molecule has 0 aromatic carbocycles. The first-order valence-electron chi connectivity index (χ1n) is 6.50. The molecule has 1 unspecified atom stereocenters. The van der Waals surface area contributed by atoms with Crippen molar-refractivity contribution < 1.29 is 4.79 Å². The molecular weight excluding hydrogens is 322 g/mol. The van der Waals surface area contributed by atoms with E-state index in [0.29, 0.717) is 10.3 Å². The van der Waals surface area contributed by atoms with E-state index in [0.717, 1.165) is 31.0 Å². The van der Waals surface area contributed by atoms with Crippen molar-refractivity contribution in [1.29, 1.82) is 0 Å². The Balaban J connectivity index is 1.75. The van der Waals surface area contributed by atoms with Gasteiger partial charge in [-0.05, 0) is 41.4 Å². The molecule has 6 nitrogen and oxygen atoms in total. The number of hydrogen-bond donors (Lipinski definition) is 1. The molecule has 2 aromatic rings. The summed E-state index contributed by atoms with van der Waals surface area (Å²) in [7, 11) is 0. The van der Waals surface area contributed by atoms with Gasteiger partial charge in [-0.1, -0.05) is 6.07 Å². The maximum atomic E-state index is 12.2. The molecule has 3 heterocycles. The Morgan fingerprint density at radius 3 is 3.10 bits per heavy atom. The van der Waals surface area contributed by atoms with E-state index in [1.54, 1.807) is 18.2 Å². The van der Waals surface area contributed by atoms with E-state index in [2.05, 4.69) is 41.0 Å². The normalized spacial score (nSPS) is 14.9. The van der Waals surface area contributed by atoms with Crippen molar-refractivity contribution in [2.45, 2.75) is 32.4 Å². The summed E-state index contributed by atoms with van der Waals surface area (Å²) < 4.78 is 2.72. The van der Waals surface area contributed by atoms with Crippen LogP contribution in [-0.4, -0.2) is 25.7 Å². The molecule has 1 N–H and O–H groups in total. The summed E-state index contributed by atoms with van der Waals surface area (Å²) in [5.74, 6) is 1.59. The second-order valence-electron chi connectivity index (χ2n) is 4.77. The summed E-state index contributed by atoms with van der Waals surface area (Å²) in [5, 5.41) is 11.2. The van der Waals surface area contributed by atoms with Crippen LogP contribution in [0.2, 0.25) is 0 Å². The van der Waals surface area contributed by atoms with Crippen molar-refractivity contribution in [3.63, 3.8) is 0 Å². The summed E-state index contributed by atoms with van der Waals surface area (Å²) in [6.07, 6.45) is 2.05. The highest BCUT2D eigenvalue weighted by Crippen LogP contribution is 2.19. The molecule has 0 spiro atoms. The average Bonchev–Trinajstić information content (AvgIpc) is 3.00. The van der Waals surface area contributed by atoms with Crippen LogP contribution in [0.1, 0.15) is 41.5 Å². The number of amides is 1. The van der Waals surface area contributed by atoms with Gasteiger partial charge >= 0.3 is 0 Å². The summed E-state index contributed by atoms with van der Waals surface area (Å²) in [6.45, 7) is 2.83. The van der Waals surface area contributed by atoms with Gasteiger partial charge < -0.3 is 9.88 Å². The molecule has 0 saturated heterocycles. The van der Waals surface area contributed by atoms with Crippen LogP contribution in [0.25, 0.3) is 0 Å². The summed E-state index contributed by atoms with van der Waals surface area (Å²) in [6, 6.07) is 5.06. The van der Waals surface area contributed by atoms with Gasteiger partial charge in [0, 0.05) is 13.0 Å². The van der Waals surface area contributed by atoms with Crippen LogP contribution in [-0.2, 0) is 13.0 Å². The third-order valence-corrected chi connectivity index (χ3v) is 3.76. The molecule has 0 fully saturated rings. The highest BCUT2D eigenvalue weighted by molar-refractivity contribution is 9.10. The van der Waals surface area contributed by atoms with Crippen LogP contribution in [0.15, 0.2) is 22.8 Å².